The molecule has 0 rings (SSSR count). The molecule has 0 fully saturated rings. The number of thioether (sulfide) groups is 1. The summed E-state index contributed by atoms with van der Waals surface area (Å²) in [6.45, 7) is 5.63. The van der Waals surface area contributed by atoms with Gasteiger partial charge in [0, 0.05) is 5.92 Å². The van der Waals surface area contributed by atoms with Gasteiger partial charge in [-0.1, -0.05) is 24.8 Å². The van der Waals surface area contributed by atoms with E-state index in [4.69, 9.17) is 0 Å². The predicted molar refractivity (Wildman–Crippen MR) is 47.1 cm³/mol. The van der Waals surface area contributed by atoms with E-state index < -0.39 is 0 Å². The highest BCUT2D eigenvalue weighted by Crippen LogP contribution is 2.15. The minimum Gasteiger partial charge on any atom is -0.287 e. The Labute approximate surface area is 66.9 Å². The summed E-state index contributed by atoms with van der Waals surface area (Å²) in [4.78, 5) is 11.0. The number of rotatable bonds is 4. The summed E-state index contributed by atoms with van der Waals surface area (Å²) in [7, 11) is 0. The van der Waals surface area contributed by atoms with Crippen LogP contribution in [0.4, 0.5) is 0 Å². The fourth-order valence-electron chi connectivity index (χ4n) is 0.797. The quantitative estimate of drug-likeness (QED) is 0.585. The van der Waals surface area contributed by atoms with Crippen molar-refractivity contribution in [1.29, 1.82) is 0 Å². The normalized spacial score (nSPS) is 12.6. The number of hydrogen-bond acceptors (Lipinski definition) is 2. The first-order valence-corrected chi connectivity index (χ1v) is 4.67. The summed E-state index contributed by atoms with van der Waals surface area (Å²) < 4.78 is 0. The lowest BCUT2D eigenvalue weighted by Gasteiger charge is -2.07. The van der Waals surface area contributed by atoms with E-state index in [9.17, 15) is 4.79 Å². The second-order valence-corrected chi connectivity index (χ2v) is 2.96. The first-order valence-electron chi connectivity index (χ1n) is 3.45. The van der Waals surface area contributed by atoms with E-state index in [0.29, 0.717) is 0 Å². The zero-order chi connectivity index (χ0) is 7.98. The van der Waals surface area contributed by atoms with Gasteiger partial charge in [-0.05, 0) is 19.1 Å². The van der Waals surface area contributed by atoms with Gasteiger partial charge in [-0.3, -0.25) is 4.79 Å². The van der Waals surface area contributed by atoms with E-state index in [-0.39, 0.29) is 11.0 Å². The Morgan fingerprint density at radius 3 is 2.70 bits per heavy atom. The van der Waals surface area contributed by atoms with Crippen molar-refractivity contribution in [3.63, 3.8) is 0 Å². The zero-order valence-corrected chi connectivity index (χ0v) is 7.41. The summed E-state index contributed by atoms with van der Waals surface area (Å²) in [6.07, 6.45) is 5.37. The van der Waals surface area contributed by atoms with Crippen molar-refractivity contribution in [2.24, 2.45) is 5.92 Å². The van der Waals surface area contributed by atoms with E-state index in [1.54, 1.807) is 0 Å². The van der Waals surface area contributed by atoms with Crippen molar-refractivity contribution < 1.29 is 4.79 Å². The summed E-state index contributed by atoms with van der Waals surface area (Å²) in [5.74, 6) is 0.187. The van der Waals surface area contributed by atoms with Crippen LogP contribution in [0.2, 0.25) is 0 Å². The van der Waals surface area contributed by atoms with Crippen LogP contribution < -0.4 is 0 Å². The third-order valence-electron chi connectivity index (χ3n) is 1.48. The van der Waals surface area contributed by atoms with Crippen LogP contribution in [0.5, 0.6) is 0 Å². The van der Waals surface area contributed by atoms with Crippen molar-refractivity contribution in [3.05, 3.63) is 12.7 Å². The highest BCUT2D eigenvalue weighted by Gasteiger charge is 2.12. The molecule has 10 heavy (non-hydrogen) atoms. The summed E-state index contributed by atoms with van der Waals surface area (Å²) >= 11 is 1.31. The van der Waals surface area contributed by atoms with E-state index in [1.807, 2.05) is 19.3 Å². The number of carbonyl (C=O) groups excluding carboxylic acids is 1. The summed E-state index contributed by atoms with van der Waals surface area (Å²) in [6, 6.07) is 0. The third kappa shape index (κ3) is 3.06. The molecule has 1 unspecified atom stereocenters. The molecule has 0 spiro atoms. The predicted octanol–water partition coefficient (Wildman–Crippen LogP) is 2.48. The Morgan fingerprint density at radius 1 is 1.80 bits per heavy atom. The minimum absolute atomic E-state index is 0.187. The van der Waals surface area contributed by atoms with Crippen LogP contribution in [-0.2, 0) is 4.79 Å². The van der Waals surface area contributed by atoms with Gasteiger partial charge < -0.3 is 0 Å². The van der Waals surface area contributed by atoms with Crippen LogP contribution in [0.3, 0.4) is 0 Å². The van der Waals surface area contributed by atoms with Crippen LogP contribution in [0.1, 0.15) is 19.8 Å². The molecule has 0 heterocycles. The molecule has 0 aromatic rings. The summed E-state index contributed by atoms with van der Waals surface area (Å²) in [5.41, 5.74) is 0. The fraction of sp³-hybridized carbons (Fsp3) is 0.625. The number of allylic oxidation sites excluding steroid dienone is 1. The Bertz CT molecular complexity index is 120. The van der Waals surface area contributed by atoms with E-state index in [0.717, 1.165) is 12.8 Å². The van der Waals surface area contributed by atoms with Crippen LogP contribution in [0, 0.1) is 5.92 Å². The largest absolute Gasteiger partial charge is 0.287 e. The highest BCUT2D eigenvalue weighted by atomic mass is 32.2. The van der Waals surface area contributed by atoms with E-state index in [2.05, 4.69) is 6.58 Å². The molecule has 1 nitrogen and oxygen atoms in total. The maximum absolute atomic E-state index is 11.0. The van der Waals surface area contributed by atoms with Crippen molar-refractivity contribution in [1.82, 2.24) is 0 Å². The number of hydrogen-bond donors (Lipinski definition) is 0. The summed E-state index contributed by atoms with van der Waals surface area (Å²) in [5, 5.41) is 0.280. The van der Waals surface area contributed by atoms with E-state index >= 15 is 0 Å². The molecule has 58 valence electrons. The molecule has 0 bridgehead atoms. The average molecular weight is 158 g/mol. The highest BCUT2D eigenvalue weighted by molar-refractivity contribution is 8.13. The molecule has 0 aliphatic heterocycles. The van der Waals surface area contributed by atoms with Gasteiger partial charge in [-0.2, -0.15) is 0 Å². The lowest BCUT2D eigenvalue weighted by atomic mass is 10.1. The molecule has 0 aromatic carbocycles. The molecule has 1 atom stereocenters. The standard InChI is InChI=1S/C8H14OS/c1-4-6-7(5-2)8(9)10-3/h4,7H,1,5-6H2,2-3H3. The molecule has 0 radical (unpaired) electrons. The van der Waals surface area contributed by atoms with Gasteiger partial charge >= 0.3 is 0 Å². The molecule has 0 saturated carbocycles. The monoisotopic (exact) mass is 158 g/mol. The third-order valence-corrected chi connectivity index (χ3v) is 2.21. The van der Waals surface area contributed by atoms with Gasteiger partial charge in [-0.15, -0.1) is 6.58 Å². The minimum atomic E-state index is 0.187. The Kier molecular flexibility index (Phi) is 5.40. The first kappa shape index (κ1) is 9.76. The molecule has 0 aromatic heterocycles. The van der Waals surface area contributed by atoms with Crippen molar-refractivity contribution in [2.75, 3.05) is 6.26 Å². The van der Waals surface area contributed by atoms with Gasteiger partial charge in [0.25, 0.3) is 0 Å². The van der Waals surface area contributed by atoms with E-state index in [1.165, 1.54) is 11.8 Å². The molecule has 2 heteroatoms. The van der Waals surface area contributed by atoms with Crippen LogP contribution >= 0.6 is 11.8 Å². The molecule has 0 saturated heterocycles. The Balaban J connectivity index is 3.79. The van der Waals surface area contributed by atoms with Crippen LogP contribution in [0.15, 0.2) is 12.7 Å². The Morgan fingerprint density at radius 2 is 2.40 bits per heavy atom. The first-order chi connectivity index (χ1) is 4.76. The van der Waals surface area contributed by atoms with Crippen LogP contribution in [0.25, 0.3) is 0 Å². The van der Waals surface area contributed by atoms with Crippen molar-refractivity contribution >= 4 is 16.9 Å². The van der Waals surface area contributed by atoms with Crippen molar-refractivity contribution in [3.8, 4) is 0 Å². The van der Waals surface area contributed by atoms with Gasteiger partial charge in [0.05, 0.1) is 0 Å². The lowest BCUT2D eigenvalue weighted by Crippen LogP contribution is -2.07. The number of carbonyl (C=O) groups is 1. The zero-order valence-electron chi connectivity index (χ0n) is 6.59. The van der Waals surface area contributed by atoms with Gasteiger partial charge in [0.2, 0.25) is 0 Å². The molecule has 0 aliphatic rings. The lowest BCUT2D eigenvalue weighted by molar-refractivity contribution is -0.114. The van der Waals surface area contributed by atoms with Crippen LogP contribution in [-0.4, -0.2) is 11.4 Å². The topological polar surface area (TPSA) is 17.1 Å². The molecule has 0 aliphatic carbocycles. The van der Waals surface area contributed by atoms with Crippen molar-refractivity contribution in [2.45, 2.75) is 19.8 Å². The SMILES string of the molecule is C=CCC(CC)C(=O)SC. The molecular formula is C8H14OS. The molecule has 0 N–H and O–H groups in total. The average Bonchev–Trinajstić information content (AvgIpc) is 1.99. The Hall–Kier alpha value is -0.240. The second kappa shape index (κ2) is 5.54. The molecule has 0 amide bonds. The maximum Gasteiger partial charge on any atom is 0.192 e. The smallest absolute Gasteiger partial charge is 0.192 e. The maximum atomic E-state index is 11.0. The van der Waals surface area contributed by atoms with Gasteiger partial charge in [-0.25, -0.2) is 0 Å². The molecular weight excluding hydrogens is 144 g/mol. The second-order valence-electron chi connectivity index (χ2n) is 2.15. The van der Waals surface area contributed by atoms with Gasteiger partial charge in [0.15, 0.2) is 5.12 Å². The fourth-order valence-corrected chi connectivity index (χ4v) is 1.39. The van der Waals surface area contributed by atoms with Gasteiger partial charge in [0.1, 0.15) is 0 Å².